The Labute approximate surface area is 501 Å². The molecule has 0 aliphatic heterocycles. The highest BCUT2D eigenvalue weighted by atomic mass is 16.5. The van der Waals surface area contributed by atoms with Crippen LogP contribution in [0.3, 0.4) is 0 Å². The molecule has 0 fully saturated rings. The van der Waals surface area contributed by atoms with Gasteiger partial charge in [-0.3, -0.25) is 0 Å². The largest absolute Gasteiger partial charge is 0.508 e. The highest BCUT2D eigenvalue weighted by Crippen LogP contribution is 2.44. The van der Waals surface area contributed by atoms with Gasteiger partial charge in [0.2, 0.25) is 0 Å². The van der Waals surface area contributed by atoms with Crippen molar-refractivity contribution >= 4 is 5.97 Å². The molecule has 0 unspecified atom stereocenters. The third-order valence-electron chi connectivity index (χ3n) is 16.5. The van der Waals surface area contributed by atoms with Crippen LogP contribution in [0.15, 0.2) is 97.1 Å². The van der Waals surface area contributed by atoms with E-state index in [1.807, 2.05) is 72.8 Å². The summed E-state index contributed by atoms with van der Waals surface area (Å²) in [6.07, 6.45) is 0.930. The second-order valence-electron chi connectivity index (χ2n) is 29.7. The Hall–Kier alpha value is -7.39. The summed E-state index contributed by atoms with van der Waals surface area (Å²) in [5.74, 6) is -0.268. The number of hydrogen-bond acceptors (Lipinski definition) is 9. The van der Waals surface area contributed by atoms with E-state index in [0.717, 1.165) is 33.4 Å². The van der Waals surface area contributed by atoms with E-state index in [0.29, 0.717) is 66.8 Å². The number of carbonyl (C=O) groups excluding carboxylic acids is 1. The molecule has 0 aromatic heterocycles. The Morgan fingerprint density at radius 3 is 0.690 bits per heavy atom. The van der Waals surface area contributed by atoms with Gasteiger partial charge in [-0.25, -0.2) is 4.79 Å². The first-order chi connectivity index (χ1) is 38.6. The second-order valence-corrected chi connectivity index (χ2v) is 29.7. The quantitative estimate of drug-likeness (QED) is 0.0524. The fourth-order valence-electron chi connectivity index (χ4n) is 10.8. The Morgan fingerprint density at radius 1 is 0.298 bits per heavy atom. The van der Waals surface area contributed by atoms with E-state index in [1.54, 1.807) is 31.2 Å². The van der Waals surface area contributed by atoms with Crippen LogP contribution in [0.4, 0.5) is 0 Å². The molecule has 9 nitrogen and oxygen atoms in total. The zero-order valence-corrected chi connectivity index (χ0v) is 53.6. The lowest BCUT2D eigenvalue weighted by Gasteiger charge is -2.25. The van der Waals surface area contributed by atoms with Crippen molar-refractivity contribution in [3.8, 4) is 40.2 Å². The number of hydrogen-bond donors (Lipinski definition) is 7. The van der Waals surface area contributed by atoms with Gasteiger partial charge in [0, 0.05) is 38.5 Å². The van der Waals surface area contributed by atoms with E-state index in [2.05, 4.69) is 125 Å². The van der Waals surface area contributed by atoms with Gasteiger partial charge in [0.15, 0.2) is 0 Å². The van der Waals surface area contributed by atoms with Crippen LogP contribution in [-0.4, -0.2) is 48.3 Å². The average Bonchev–Trinajstić information content (AvgIpc) is 2.82. The third-order valence-corrected chi connectivity index (χ3v) is 16.5. The van der Waals surface area contributed by atoms with E-state index in [1.165, 1.54) is 0 Å². The van der Waals surface area contributed by atoms with Crippen molar-refractivity contribution in [3.63, 3.8) is 0 Å². The normalized spacial score (nSPS) is 12.7. The van der Waals surface area contributed by atoms with Crippen molar-refractivity contribution in [1.82, 2.24) is 0 Å². The molecular weight excluding hydrogens is 1040 g/mol. The SMILES string of the molecule is CCOC(=O)c1cc(Cc2cc(C(C)(C)C)cc(Cc3cc(C(C)(C)C)cc(Cc4cc(C(C)(C)C)ccc4O)c3O)c2O)c(O)c(Cc2cc(C(C)(C)C)cc(Cc3cc(C(C)(C)C)cc(Cc4cc(C(C)(C)C)ccc4O)c3O)c2O)c1. The Balaban J connectivity index is 1.33. The molecule has 7 aromatic rings. The van der Waals surface area contributed by atoms with Crippen molar-refractivity contribution in [1.29, 1.82) is 0 Å². The molecule has 0 bridgehead atoms. The maximum Gasteiger partial charge on any atom is 0.338 e. The van der Waals surface area contributed by atoms with Crippen LogP contribution in [0.1, 0.15) is 242 Å². The Kier molecular flexibility index (Phi) is 18.0. The molecule has 0 aliphatic rings. The summed E-state index contributed by atoms with van der Waals surface area (Å²) in [4.78, 5) is 13.8. The van der Waals surface area contributed by atoms with Crippen LogP contribution in [-0.2, 0) is 75.8 Å². The minimum absolute atomic E-state index is 0.0135. The zero-order valence-electron chi connectivity index (χ0n) is 53.6. The number of aromatic hydroxyl groups is 7. The van der Waals surface area contributed by atoms with Crippen LogP contribution >= 0.6 is 0 Å². The van der Waals surface area contributed by atoms with Gasteiger partial charge in [-0.2, -0.15) is 0 Å². The molecule has 0 amide bonds. The average molecular weight is 1140 g/mol. The smallest absolute Gasteiger partial charge is 0.338 e. The summed E-state index contributed by atoms with van der Waals surface area (Å²) in [7, 11) is 0. The van der Waals surface area contributed by atoms with E-state index in [4.69, 9.17) is 4.74 Å². The summed E-state index contributed by atoms with van der Waals surface area (Å²) in [6.45, 7) is 39.8. The number of rotatable bonds is 14. The van der Waals surface area contributed by atoms with Crippen LogP contribution in [0.5, 0.6) is 40.2 Å². The second kappa shape index (κ2) is 23.6. The number of ether oxygens (including phenoxy) is 1. The molecule has 9 heteroatoms. The number of esters is 1. The van der Waals surface area contributed by atoms with E-state index < -0.39 is 16.8 Å². The highest BCUT2D eigenvalue weighted by molar-refractivity contribution is 5.90. The van der Waals surface area contributed by atoms with Gasteiger partial charge in [0.05, 0.1) is 12.2 Å². The van der Waals surface area contributed by atoms with Crippen LogP contribution in [0, 0.1) is 0 Å². The number of benzene rings is 7. The van der Waals surface area contributed by atoms with Crippen LogP contribution in [0.2, 0.25) is 0 Å². The fraction of sp³-hybridized carbons (Fsp3) is 0.427. The first kappa shape index (κ1) is 64.2. The lowest BCUT2D eigenvalue weighted by atomic mass is 9.80. The van der Waals surface area contributed by atoms with Gasteiger partial charge in [-0.1, -0.05) is 197 Å². The summed E-state index contributed by atoms with van der Waals surface area (Å²) >= 11 is 0. The van der Waals surface area contributed by atoms with Gasteiger partial charge >= 0.3 is 5.97 Å². The molecule has 0 atom stereocenters. The Bertz CT molecular complexity index is 3380. The monoisotopic (exact) mass is 1140 g/mol. The van der Waals surface area contributed by atoms with Gasteiger partial charge < -0.3 is 40.5 Å². The first-order valence-corrected chi connectivity index (χ1v) is 29.7. The summed E-state index contributed by atoms with van der Waals surface area (Å²) in [5.41, 5.74) is 11.2. The predicted molar refractivity (Wildman–Crippen MR) is 342 cm³/mol. The van der Waals surface area contributed by atoms with E-state index in [9.17, 15) is 40.5 Å². The van der Waals surface area contributed by atoms with Crippen molar-refractivity contribution < 1.29 is 45.3 Å². The van der Waals surface area contributed by atoms with E-state index >= 15 is 0 Å². The molecule has 0 spiro atoms. The summed E-state index contributed by atoms with van der Waals surface area (Å²) in [6, 6.07) is 30.3. The topological polar surface area (TPSA) is 168 Å². The maximum atomic E-state index is 13.8. The summed E-state index contributed by atoms with van der Waals surface area (Å²) < 4.78 is 5.57. The summed E-state index contributed by atoms with van der Waals surface area (Å²) in [5, 5.41) is 84.1. The predicted octanol–water partition coefficient (Wildman–Crippen LogP) is 17.1. The minimum Gasteiger partial charge on any atom is -0.508 e. The first-order valence-electron chi connectivity index (χ1n) is 29.7. The molecule has 7 aromatic carbocycles. The zero-order chi connectivity index (χ0) is 62.6. The number of phenols is 7. The number of carbonyl (C=O) groups is 1. The van der Waals surface area contributed by atoms with Gasteiger partial charge in [0.1, 0.15) is 40.2 Å². The van der Waals surface area contributed by atoms with Crippen molar-refractivity contribution in [2.24, 2.45) is 0 Å². The van der Waals surface area contributed by atoms with Crippen molar-refractivity contribution in [2.45, 2.75) is 203 Å². The third kappa shape index (κ3) is 14.7. The van der Waals surface area contributed by atoms with Crippen molar-refractivity contribution in [3.05, 3.63) is 203 Å². The molecule has 0 radical (unpaired) electrons. The lowest BCUT2D eigenvalue weighted by molar-refractivity contribution is 0.0526. The van der Waals surface area contributed by atoms with E-state index in [-0.39, 0.29) is 113 Å². The maximum absolute atomic E-state index is 13.8. The molecule has 0 aliphatic carbocycles. The van der Waals surface area contributed by atoms with Gasteiger partial charge in [-0.05, 0) is 164 Å². The molecule has 0 heterocycles. The van der Waals surface area contributed by atoms with Crippen LogP contribution in [0.25, 0.3) is 0 Å². The number of phenolic OH excluding ortho intramolecular Hbond substituents is 7. The molecule has 7 rings (SSSR count). The molecule has 7 N–H and O–H groups in total. The fourth-order valence-corrected chi connectivity index (χ4v) is 10.8. The van der Waals surface area contributed by atoms with Crippen LogP contribution < -0.4 is 0 Å². The lowest BCUT2D eigenvalue weighted by Crippen LogP contribution is -2.14. The Morgan fingerprint density at radius 2 is 0.488 bits per heavy atom. The standard InChI is InChI=1S/C75H94O9/c1-20-84-69(83)55-31-45(27-49-37-60(74(14,15)16)41-53(67(49)81)29-51-39-58(72(8,9)10)35-47(65(51)79)25-43-33-56(70(2,3)4)21-23-62(43)76)64(78)46(32-55)28-50-38-61(75(17,18)19)42-54(68(50)82)30-52-40-59(73(11,12)13)36-48(66(52)80)26-44-34-57(71(5,6)7)22-24-63(44)77/h21-24,31-42,76-82H,20,25-30H2,1-19H3. The molecule has 0 saturated carbocycles. The minimum atomic E-state index is -0.589. The highest BCUT2D eigenvalue weighted by Gasteiger charge is 2.29. The van der Waals surface area contributed by atoms with Crippen molar-refractivity contribution in [2.75, 3.05) is 6.61 Å². The van der Waals surface area contributed by atoms with Gasteiger partial charge in [-0.15, -0.1) is 0 Å². The molecular formula is C75H94O9. The molecule has 448 valence electrons. The van der Waals surface area contributed by atoms with Gasteiger partial charge in [0.25, 0.3) is 0 Å². The molecule has 0 saturated heterocycles. The molecule has 84 heavy (non-hydrogen) atoms.